The van der Waals surface area contributed by atoms with Gasteiger partial charge in [-0.05, 0) is 0 Å². The number of fused-ring (bicyclic) bond motifs is 1. The molecule has 22 heavy (non-hydrogen) atoms. The number of hydrogen-bond donors (Lipinski definition) is 0. The fraction of sp³-hybridized carbons (Fsp3) is 0.571. The van der Waals surface area contributed by atoms with Crippen LogP contribution in [0.1, 0.15) is 6.92 Å². The van der Waals surface area contributed by atoms with E-state index in [1.807, 2.05) is 0 Å². The Morgan fingerprint density at radius 2 is 1.91 bits per heavy atom. The van der Waals surface area contributed by atoms with Gasteiger partial charge in [-0.15, -0.1) is 0 Å². The second-order valence-electron chi connectivity index (χ2n) is 5.52. The molecule has 118 valence electrons. The lowest BCUT2D eigenvalue weighted by molar-refractivity contribution is -0.141. The van der Waals surface area contributed by atoms with E-state index in [1.54, 1.807) is 21.3 Å². The first-order valence-electron chi connectivity index (χ1n) is 7.29. The average molecular weight is 322 g/mol. The molecule has 2 aliphatic heterocycles. The van der Waals surface area contributed by atoms with E-state index >= 15 is 0 Å². The predicted molar refractivity (Wildman–Crippen MR) is 81.5 cm³/mol. The molecule has 8 heteroatoms. The largest absolute Gasteiger partial charge is 0.339 e. The van der Waals surface area contributed by atoms with Gasteiger partial charge < -0.3 is 9.80 Å². The van der Waals surface area contributed by atoms with Gasteiger partial charge in [0.2, 0.25) is 11.8 Å². The molecule has 1 saturated heterocycles. The van der Waals surface area contributed by atoms with Crippen molar-refractivity contribution in [3.05, 3.63) is 22.6 Å². The van der Waals surface area contributed by atoms with Crippen molar-refractivity contribution in [2.24, 2.45) is 5.92 Å². The van der Waals surface area contributed by atoms with Crippen LogP contribution >= 0.6 is 11.8 Å². The second-order valence-corrected chi connectivity index (χ2v) is 6.50. The van der Waals surface area contributed by atoms with Crippen molar-refractivity contribution in [1.29, 1.82) is 0 Å². The van der Waals surface area contributed by atoms with Crippen molar-refractivity contribution in [1.82, 2.24) is 19.4 Å². The summed E-state index contributed by atoms with van der Waals surface area (Å²) in [4.78, 5) is 43.5. The van der Waals surface area contributed by atoms with Gasteiger partial charge in [-0.25, -0.2) is 4.98 Å². The van der Waals surface area contributed by atoms with Crippen LogP contribution in [0.5, 0.6) is 0 Å². The fourth-order valence-electron chi connectivity index (χ4n) is 2.80. The number of piperazine rings is 1. The van der Waals surface area contributed by atoms with Gasteiger partial charge in [-0.3, -0.25) is 19.0 Å². The maximum atomic E-state index is 12.6. The molecule has 7 nitrogen and oxygen atoms in total. The van der Waals surface area contributed by atoms with Crippen LogP contribution in [-0.2, 0) is 16.1 Å². The van der Waals surface area contributed by atoms with Crippen molar-refractivity contribution >= 4 is 23.6 Å². The number of rotatable bonds is 1. The molecule has 0 aromatic carbocycles. The van der Waals surface area contributed by atoms with Crippen molar-refractivity contribution < 1.29 is 9.59 Å². The molecule has 1 unspecified atom stereocenters. The van der Waals surface area contributed by atoms with Gasteiger partial charge in [0.1, 0.15) is 0 Å². The smallest absolute Gasteiger partial charge is 0.254 e. The van der Waals surface area contributed by atoms with Crippen LogP contribution in [0.15, 0.2) is 22.2 Å². The van der Waals surface area contributed by atoms with Crippen molar-refractivity contribution in [2.75, 3.05) is 31.9 Å². The van der Waals surface area contributed by atoms with Crippen LogP contribution < -0.4 is 5.56 Å². The molecule has 3 rings (SSSR count). The molecule has 3 heterocycles. The van der Waals surface area contributed by atoms with E-state index in [0.717, 1.165) is 0 Å². The van der Waals surface area contributed by atoms with Gasteiger partial charge in [0, 0.05) is 57.7 Å². The van der Waals surface area contributed by atoms with E-state index in [9.17, 15) is 14.4 Å². The molecule has 2 aliphatic rings. The van der Waals surface area contributed by atoms with Gasteiger partial charge >= 0.3 is 0 Å². The lowest BCUT2D eigenvalue weighted by atomic mass is 10.1. The van der Waals surface area contributed by atoms with Crippen LogP contribution in [-0.4, -0.2) is 63.1 Å². The predicted octanol–water partition coefficient (Wildman–Crippen LogP) is -0.344. The topological polar surface area (TPSA) is 75.5 Å². The van der Waals surface area contributed by atoms with Crippen molar-refractivity contribution in [2.45, 2.75) is 18.6 Å². The summed E-state index contributed by atoms with van der Waals surface area (Å²) >= 11 is 1.45. The molecular formula is C14H18N4O3S. The van der Waals surface area contributed by atoms with Crippen LogP contribution in [0, 0.1) is 5.92 Å². The highest BCUT2D eigenvalue weighted by Crippen LogP contribution is 2.26. The number of thioether (sulfide) groups is 1. The number of amides is 2. The van der Waals surface area contributed by atoms with E-state index < -0.39 is 0 Å². The third-order valence-corrected chi connectivity index (χ3v) is 5.25. The van der Waals surface area contributed by atoms with Gasteiger partial charge in [-0.2, -0.15) is 0 Å². The monoisotopic (exact) mass is 322 g/mol. The van der Waals surface area contributed by atoms with Crippen LogP contribution in [0.3, 0.4) is 0 Å². The second kappa shape index (κ2) is 6.12. The fourth-order valence-corrected chi connectivity index (χ4v) is 3.85. The summed E-state index contributed by atoms with van der Waals surface area (Å²) in [5, 5.41) is 0.679. The normalized spacial score (nSPS) is 21.4. The van der Waals surface area contributed by atoms with E-state index in [4.69, 9.17) is 0 Å². The van der Waals surface area contributed by atoms with Crippen LogP contribution in [0.25, 0.3) is 0 Å². The van der Waals surface area contributed by atoms with E-state index in [-0.39, 0.29) is 23.3 Å². The molecule has 1 aromatic rings. The zero-order chi connectivity index (χ0) is 15.7. The number of carbonyl (C=O) groups excluding carboxylic acids is 2. The van der Waals surface area contributed by atoms with Gasteiger partial charge in [0.25, 0.3) is 5.56 Å². The third-order valence-electron chi connectivity index (χ3n) is 4.10. The lowest BCUT2D eigenvalue weighted by Gasteiger charge is -2.36. The van der Waals surface area contributed by atoms with E-state index in [0.29, 0.717) is 43.6 Å². The Morgan fingerprint density at radius 1 is 1.23 bits per heavy atom. The molecular weight excluding hydrogens is 304 g/mol. The first kappa shape index (κ1) is 15.1. The molecule has 0 spiro atoms. The van der Waals surface area contributed by atoms with E-state index in [2.05, 4.69) is 4.98 Å². The SMILES string of the molecule is CC(=O)N1CCN(C(=O)C2CSc3nccc(=O)n3C2)CC1. The van der Waals surface area contributed by atoms with Crippen molar-refractivity contribution in [3.63, 3.8) is 0 Å². The lowest BCUT2D eigenvalue weighted by Crippen LogP contribution is -2.52. The Morgan fingerprint density at radius 3 is 2.59 bits per heavy atom. The first-order valence-corrected chi connectivity index (χ1v) is 8.28. The molecule has 0 saturated carbocycles. The van der Waals surface area contributed by atoms with Gasteiger partial charge in [-0.1, -0.05) is 11.8 Å². The summed E-state index contributed by atoms with van der Waals surface area (Å²) in [6, 6.07) is 1.42. The Kier molecular flexibility index (Phi) is 4.19. The zero-order valence-electron chi connectivity index (χ0n) is 12.4. The van der Waals surface area contributed by atoms with Gasteiger partial charge in [0.15, 0.2) is 5.16 Å². The molecule has 1 fully saturated rings. The maximum Gasteiger partial charge on any atom is 0.254 e. The Bertz CT molecular complexity index is 652. The number of carbonyl (C=O) groups is 2. The summed E-state index contributed by atoms with van der Waals surface area (Å²) in [5.74, 6) is 0.551. The summed E-state index contributed by atoms with van der Waals surface area (Å²) in [6.45, 7) is 4.23. The third kappa shape index (κ3) is 2.87. The quantitative estimate of drug-likeness (QED) is 0.661. The highest BCUT2D eigenvalue weighted by molar-refractivity contribution is 7.99. The first-order chi connectivity index (χ1) is 10.6. The highest BCUT2D eigenvalue weighted by atomic mass is 32.2. The summed E-state index contributed by atoms with van der Waals surface area (Å²) in [6.07, 6.45) is 1.50. The Labute approximate surface area is 132 Å². The molecule has 0 radical (unpaired) electrons. The highest BCUT2D eigenvalue weighted by Gasteiger charge is 2.31. The molecule has 0 N–H and O–H groups in total. The van der Waals surface area contributed by atoms with Crippen molar-refractivity contribution in [3.8, 4) is 0 Å². The minimum atomic E-state index is -0.205. The molecule has 0 aliphatic carbocycles. The summed E-state index contributed by atoms with van der Waals surface area (Å²) in [5.41, 5.74) is -0.114. The number of hydrogen-bond acceptors (Lipinski definition) is 5. The summed E-state index contributed by atoms with van der Waals surface area (Å²) < 4.78 is 1.57. The Hall–Kier alpha value is -1.83. The van der Waals surface area contributed by atoms with Crippen LogP contribution in [0.4, 0.5) is 0 Å². The number of aromatic nitrogens is 2. The standard InChI is InChI=1S/C14H18N4O3S/c1-10(19)16-4-6-17(7-5-16)13(21)11-8-18-12(20)2-3-15-14(18)22-9-11/h2-3,11H,4-9H2,1H3. The van der Waals surface area contributed by atoms with E-state index in [1.165, 1.54) is 24.0 Å². The minimum absolute atomic E-state index is 0.0480. The molecule has 1 aromatic heterocycles. The molecule has 2 amide bonds. The van der Waals surface area contributed by atoms with Crippen LogP contribution in [0.2, 0.25) is 0 Å². The molecule has 0 bridgehead atoms. The number of nitrogens with zero attached hydrogens (tertiary/aromatic N) is 4. The Balaban J connectivity index is 1.66. The maximum absolute atomic E-state index is 12.6. The average Bonchev–Trinajstić information content (AvgIpc) is 2.54. The molecule has 1 atom stereocenters. The minimum Gasteiger partial charge on any atom is -0.339 e. The summed E-state index contributed by atoms with van der Waals surface area (Å²) in [7, 11) is 0. The zero-order valence-corrected chi connectivity index (χ0v) is 13.2. The van der Waals surface area contributed by atoms with Gasteiger partial charge in [0.05, 0.1) is 5.92 Å².